The van der Waals surface area contributed by atoms with Gasteiger partial charge in [0.15, 0.2) is 0 Å². The Labute approximate surface area is 77.7 Å². The number of rotatable bonds is 0. The lowest BCUT2D eigenvalue weighted by molar-refractivity contribution is 1.41. The van der Waals surface area contributed by atoms with Gasteiger partial charge in [0.2, 0.25) is 0 Å². The summed E-state index contributed by atoms with van der Waals surface area (Å²) < 4.78 is 0.509. The first kappa shape index (κ1) is 6.79. The van der Waals surface area contributed by atoms with Crippen LogP contribution in [0, 0.1) is 0 Å². The van der Waals surface area contributed by atoms with Gasteiger partial charge in [-0.3, -0.25) is 0 Å². The van der Waals surface area contributed by atoms with Crippen LogP contribution in [0.5, 0.6) is 0 Å². The highest BCUT2D eigenvalue weighted by Crippen LogP contribution is 2.40. The molecule has 0 spiro atoms. The Morgan fingerprint density at radius 1 is 1.40 bits per heavy atom. The van der Waals surface area contributed by atoms with E-state index >= 15 is 0 Å². The molecule has 1 heterocycles. The summed E-state index contributed by atoms with van der Waals surface area (Å²) in [5, 5.41) is 3.35. The summed E-state index contributed by atoms with van der Waals surface area (Å²) in [6, 6.07) is 8.38. The van der Waals surface area contributed by atoms with Crippen molar-refractivity contribution < 1.29 is 0 Å². The van der Waals surface area contributed by atoms with E-state index in [0.717, 1.165) is 0 Å². The molecule has 1 aromatic carbocycles. The van der Waals surface area contributed by atoms with Gasteiger partial charge in [-0.1, -0.05) is 23.9 Å². The zero-order chi connectivity index (χ0) is 6.97. The third-order valence-corrected chi connectivity index (χ3v) is 3.40. The van der Waals surface area contributed by atoms with Crippen LogP contribution in [-0.4, -0.2) is 3.38 Å². The van der Waals surface area contributed by atoms with E-state index in [2.05, 4.69) is 52.2 Å². The number of halogens is 1. The Morgan fingerprint density at radius 2 is 2.20 bits per heavy atom. The zero-order valence-corrected chi connectivity index (χ0v) is 8.15. The number of thioether (sulfide) groups is 1. The number of benzene rings is 1. The lowest BCUT2D eigenvalue weighted by Gasteiger charge is -1.97. The maximum absolute atomic E-state index is 3.35. The first-order chi connectivity index (χ1) is 4.86. The second-order valence-electron chi connectivity index (χ2n) is 2.07. The molecule has 3 heteroatoms. The van der Waals surface area contributed by atoms with Crippen molar-refractivity contribution in [1.82, 2.24) is 0 Å². The van der Waals surface area contributed by atoms with Gasteiger partial charge in [-0.2, -0.15) is 0 Å². The van der Waals surface area contributed by atoms with Crippen molar-refractivity contribution >= 4 is 40.0 Å². The molecule has 0 saturated carbocycles. The number of para-hydroxylation sites is 1. The van der Waals surface area contributed by atoms with Gasteiger partial charge in [0, 0.05) is 10.6 Å². The highest BCUT2D eigenvalue weighted by Gasteiger charge is 2.16. The molecule has 0 aromatic heterocycles. The Bertz CT molecular complexity index is 226. The highest BCUT2D eigenvalue weighted by atomic mass is 127. The van der Waals surface area contributed by atoms with E-state index in [-0.39, 0.29) is 0 Å². The fraction of sp³-hybridized carbons (Fsp3) is 0.143. The Balaban J connectivity index is 2.42. The van der Waals surface area contributed by atoms with E-state index in [9.17, 15) is 0 Å². The highest BCUT2D eigenvalue weighted by molar-refractivity contribution is 14.1. The average molecular weight is 263 g/mol. The molecule has 10 heavy (non-hydrogen) atoms. The van der Waals surface area contributed by atoms with Crippen molar-refractivity contribution in [2.45, 2.75) is 8.28 Å². The van der Waals surface area contributed by atoms with Gasteiger partial charge in [-0.05, 0) is 34.7 Å². The summed E-state index contributed by atoms with van der Waals surface area (Å²) in [4.78, 5) is 1.36. The number of fused-ring (bicyclic) bond motifs is 1. The normalized spacial score (nSPS) is 21.9. The van der Waals surface area contributed by atoms with Crippen LogP contribution in [0.1, 0.15) is 0 Å². The van der Waals surface area contributed by atoms with E-state index < -0.39 is 0 Å². The van der Waals surface area contributed by atoms with Gasteiger partial charge in [0.1, 0.15) is 3.38 Å². The number of hydrogen-bond donors (Lipinski definition) is 1. The van der Waals surface area contributed by atoms with Crippen molar-refractivity contribution in [2.24, 2.45) is 0 Å². The molecule has 1 unspecified atom stereocenters. The molecule has 0 radical (unpaired) electrons. The monoisotopic (exact) mass is 263 g/mol. The van der Waals surface area contributed by atoms with E-state index in [1.54, 1.807) is 0 Å². The molecule has 0 bridgehead atoms. The van der Waals surface area contributed by atoms with Crippen molar-refractivity contribution in [2.75, 3.05) is 5.32 Å². The summed E-state index contributed by atoms with van der Waals surface area (Å²) in [5.41, 5.74) is 1.27. The third kappa shape index (κ3) is 1.12. The second kappa shape index (κ2) is 2.62. The smallest absolute Gasteiger partial charge is 0.129 e. The van der Waals surface area contributed by atoms with Gasteiger partial charge in [-0.15, -0.1) is 0 Å². The van der Waals surface area contributed by atoms with Crippen LogP contribution in [0.2, 0.25) is 0 Å². The van der Waals surface area contributed by atoms with Crippen LogP contribution in [0.25, 0.3) is 0 Å². The molecular formula is C7H6INS. The quantitative estimate of drug-likeness (QED) is 0.439. The first-order valence-electron chi connectivity index (χ1n) is 3.02. The molecule has 0 aliphatic carbocycles. The Kier molecular flexibility index (Phi) is 1.78. The van der Waals surface area contributed by atoms with Crippen LogP contribution < -0.4 is 5.32 Å². The lowest BCUT2D eigenvalue weighted by Crippen LogP contribution is -1.97. The van der Waals surface area contributed by atoms with Gasteiger partial charge in [0.25, 0.3) is 0 Å². The molecule has 1 aliphatic rings. The molecule has 52 valence electrons. The molecular weight excluding hydrogens is 257 g/mol. The van der Waals surface area contributed by atoms with Crippen molar-refractivity contribution in [3.05, 3.63) is 24.3 Å². The summed E-state index contributed by atoms with van der Waals surface area (Å²) in [6.07, 6.45) is 0. The van der Waals surface area contributed by atoms with Crippen LogP contribution in [-0.2, 0) is 0 Å². The number of nitrogens with one attached hydrogen (secondary N) is 1. The first-order valence-corrected chi connectivity index (χ1v) is 5.15. The predicted molar refractivity (Wildman–Crippen MR) is 53.7 cm³/mol. The molecule has 1 N–H and O–H groups in total. The number of alkyl halides is 1. The van der Waals surface area contributed by atoms with Crippen molar-refractivity contribution in [3.8, 4) is 0 Å². The standard InChI is InChI=1S/C7H6INS/c8-7-9-5-3-1-2-4-6(5)10-7/h1-4,7,9H. The van der Waals surface area contributed by atoms with E-state index in [1.165, 1.54) is 10.6 Å². The molecule has 0 saturated heterocycles. The van der Waals surface area contributed by atoms with Gasteiger partial charge >= 0.3 is 0 Å². The van der Waals surface area contributed by atoms with Crippen LogP contribution in [0.3, 0.4) is 0 Å². The van der Waals surface area contributed by atoms with E-state index in [0.29, 0.717) is 3.38 Å². The van der Waals surface area contributed by atoms with Crippen LogP contribution in [0.4, 0.5) is 5.69 Å². The molecule has 1 aliphatic heterocycles. The maximum Gasteiger partial charge on any atom is 0.129 e. The Hall–Kier alpha value is 0.100. The summed E-state index contributed by atoms with van der Waals surface area (Å²) in [6.45, 7) is 0. The molecule has 0 amide bonds. The van der Waals surface area contributed by atoms with E-state index in [1.807, 2.05) is 11.8 Å². The Morgan fingerprint density at radius 3 is 3.00 bits per heavy atom. The lowest BCUT2D eigenvalue weighted by atomic mass is 10.3. The summed E-state index contributed by atoms with van der Waals surface area (Å²) >= 11 is 4.25. The second-order valence-corrected chi connectivity index (χ2v) is 5.31. The minimum absolute atomic E-state index is 0.509. The average Bonchev–Trinajstić information content (AvgIpc) is 2.27. The van der Waals surface area contributed by atoms with Gasteiger partial charge in [0.05, 0.1) is 0 Å². The largest absolute Gasteiger partial charge is 0.364 e. The zero-order valence-electron chi connectivity index (χ0n) is 5.17. The van der Waals surface area contributed by atoms with Crippen LogP contribution in [0.15, 0.2) is 29.2 Å². The fourth-order valence-corrected chi connectivity index (χ4v) is 2.93. The molecule has 0 fully saturated rings. The van der Waals surface area contributed by atoms with Crippen molar-refractivity contribution in [1.29, 1.82) is 0 Å². The minimum atomic E-state index is 0.509. The minimum Gasteiger partial charge on any atom is -0.364 e. The number of anilines is 1. The topological polar surface area (TPSA) is 12.0 Å². The number of hydrogen-bond acceptors (Lipinski definition) is 2. The fourth-order valence-electron chi connectivity index (χ4n) is 0.952. The summed E-state index contributed by atoms with van der Waals surface area (Å²) in [7, 11) is 0. The predicted octanol–water partition coefficient (Wildman–Crippen LogP) is 2.92. The maximum atomic E-state index is 3.35. The molecule has 1 nitrogen and oxygen atoms in total. The van der Waals surface area contributed by atoms with E-state index in [4.69, 9.17) is 0 Å². The SMILES string of the molecule is IC1Nc2ccccc2S1. The molecule has 1 atom stereocenters. The van der Waals surface area contributed by atoms with Crippen LogP contribution >= 0.6 is 34.4 Å². The molecule has 2 rings (SSSR count). The van der Waals surface area contributed by atoms with Crippen molar-refractivity contribution in [3.63, 3.8) is 0 Å². The third-order valence-electron chi connectivity index (χ3n) is 1.39. The van der Waals surface area contributed by atoms with Gasteiger partial charge in [-0.25, -0.2) is 0 Å². The summed E-state index contributed by atoms with van der Waals surface area (Å²) in [5.74, 6) is 0. The molecule has 1 aromatic rings. The van der Waals surface area contributed by atoms with Gasteiger partial charge < -0.3 is 5.32 Å².